The van der Waals surface area contributed by atoms with E-state index < -0.39 is 26.2 Å². The molecule has 0 bridgehead atoms. The molecule has 0 aliphatic carbocycles. The van der Waals surface area contributed by atoms with Crippen LogP contribution < -0.4 is 4.90 Å². The molecule has 5 rings (SSSR count). The minimum atomic E-state index is -4.09. The first-order chi connectivity index (χ1) is 21.5. The van der Waals surface area contributed by atoms with Crippen LogP contribution in [0.5, 0.6) is 0 Å². The van der Waals surface area contributed by atoms with Crippen LogP contribution in [-0.2, 0) is 24.8 Å². The summed E-state index contributed by atoms with van der Waals surface area (Å²) in [5.41, 5.74) is 3.67. The zero-order valence-electron chi connectivity index (χ0n) is 26.5. The Morgan fingerprint density at radius 2 is 1.33 bits per heavy atom. The molecule has 2 saturated heterocycles. The number of benzene rings is 3. The third-order valence-electron chi connectivity index (χ3n) is 8.42. The van der Waals surface area contributed by atoms with Crippen molar-refractivity contribution in [2.45, 2.75) is 43.7 Å². The van der Waals surface area contributed by atoms with Crippen molar-refractivity contribution < 1.29 is 21.6 Å². The van der Waals surface area contributed by atoms with E-state index in [1.54, 1.807) is 48.5 Å². The summed E-state index contributed by atoms with van der Waals surface area (Å²) in [5, 5.41) is 0. The molecule has 1 atom stereocenters. The molecule has 12 heteroatoms. The van der Waals surface area contributed by atoms with E-state index in [9.17, 15) is 16.8 Å². The van der Waals surface area contributed by atoms with Crippen molar-refractivity contribution in [3.8, 4) is 0 Å². The smallest absolute Gasteiger partial charge is 0.283 e. The normalized spacial score (nSPS) is 18.8. The van der Waals surface area contributed by atoms with Gasteiger partial charge in [-0.15, -0.1) is 4.40 Å². The van der Waals surface area contributed by atoms with Crippen LogP contribution in [0.3, 0.4) is 0 Å². The first-order valence-electron chi connectivity index (χ1n) is 15.4. The quantitative estimate of drug-likeness (QED) is 0.236. The average molecular weight is 654 g/mol. The topological polar surface area (TPSA) is 103 Å². The minimum absolute atomic E-state index is 0.0935. The molecule has 45 heavy (non-hydrogen) atoms. The highest BCUT2D eigenvalue weighted by Crippen LogP contribution is 2.37. The number of ether oxygens (including phenoxy) is 1. The predicted octanol–water partition coefficient (Wildman–Crippen LogP) is 4.27. The van der Waals surface area contributed by atoms with E-state index in [1.165, 1.54) is 4.31 Å². The summed E-state index contributed by atoms with van der Waals surface area (Å²) in [6, 6.07) is 21.3. The van der Waals surface area contributed by atoms with Crippen molar-refractivity contribution in [2.24, 2.45) is 4.40 Å². The Balaban J connectivity index is 1.62. The van der Waals surface area contributed by atoms with Gasteiger partial charge in [0.25, 0.3) is 10.0 Å². The van der Waals surface area contributed by atoms with Gasteiger partial charge in [0.15, 0.2) is 0 Å². The first-order valence-corrected chi connectivity index (χ1v) is 18.3. The Kier molecular flexibility index (Phi) is 10.3. The van der Waals surface area contributed by atoms with Crippen LogP contribution in [0.4, 0.5) is 5.69 Å². The zero-order chi connectivity index (χ0) is 32.2. The summed E-state index contributed by atoms with van der Waals surface area (Å²) < 4.78 is 67.3. The van der Waals surface area contributed by atoms with Crippen LogP contribution in [0.25, 0.3) is 0 Å². The van der Waals surface area contributed by atoms with E-state index in [-0.39, 0.29) is 29.4 Å². The average Bonchev–Trinajstić information content (AvgIpc) is 3.49. The number of morpholine rings is 1. The Morgan fingerprint density at radius 1 is 0.778 bits per heavy atom. The van der Waals surface area contributed by atoms with Gasteiger partial charge in [-0.3, -0.25) is 4.90 Å². The van der Waals surface area contributed by atoms with E-state index in [2.05, 4.69) is 28.0 Å². The van der Waals surface area contributed by atoms with Gasteiger partial charge >= 0.3 is 0 Å². The molecule has 0 spiro atoms. The third kappa shape index (κ3) is 7.41. The number of aryl methyl sites for hydroxylation is 2. The van der Waals surface area contributed by atoms with E-state index in [0.29, 0.717) is 32.1 Å². The number of sulfonamides is 2. The molecule has 1 unspecified atom stereocenters. The Morgan fingerprint density at radius 3 is 1.89 bits per heavy atom. The van der Waals surface area contributed by atoms with Crippen molar-refractivity contribution in [3.05, 3.63) is 89.5 Å². The molecule has 2 heterocycles. The molecule has 0 saturated carbocycles. The van der Waals surface area contributed by atoms with E-state index >= 15 is 0 Å². The SMILES string of the molecule is CCN(CC)c1ccc(C2N(C(CN3CCOCC3)=NS(=O)(=O)c3ccc(C)cc3)CCN2S(=O)(=O)c2ccc(C)cc2)cc1. The molecule has 0 radical (unpaired) electrons. The van der Waals surface area contributed by atoms with Gasteiger partial charge in [-0.25, -0.2) is 8.42 Å². The summed E-state index contributed by atoms with van der Waals surface area (Å²) in [6.07, 6.45) is -0.796. The third-order valence-corrected chi connectivity index (χ3v) is 11.6. The molecule has 3 aromatic carbocycles. The Labute approximate surface area is 268 Å². The lowest BCUT2D eigenvalue weighted by Crippen LogP contribution is -2.46. The molecule has 2 fully saturated rings. The number of hydrogen-bond acceptors (Lipinski definition) is 7. The van der Waals surface area contributed by atoms with Crippen LogP contribution in [0.1, 0.15) is 36.7 Å². The van der Waals surface area contributed by atoms with Gasteiger partial charge in [-0.05, 0) is 69.7 Å². The van der Waals surface area contributed by atoms with Crippen molar-refractivity contribution in [1.29, 1.82) is 0 Å². The van der Waals surface area contributed by atoms with Crippen molar-refractivity contribution in [3.63, 3.8) is 0 Å². The second-order valence-electron chi connectivity index (χ2n) is 11.4. The highest BCUT2D eigenvalue weighted by atomic mass is 32.2. The second kappa shape index (κ2) is 14.0. The highest BCUT2D eigenvalue weighted by molar-refractivity contribution is 7.90. The van der Waals surface area contributed by atoms with Gasteiger partial charge < -0.3 is 14.5 Å². The van der Waals surface area contributed by atoms with Crippen LogP contribution >= 0.6 is 0 Å². The molecule has 2 aliphatic heterocycles. The highest BCUT2D eigenvalue weighted by Gasteiger charge is 2.43. The van der Waals surface area contributed by atoms with Crippen molar-refractivity contribution >= 4 is 31.6 Å². The standard InChI is InChI=1S/C33H43N5O5S2/c1-5-36(6-2)29-13-11-28(12-14-29)33-37(19-20-38(33)45(41,42)31-17-9-27(4)10-18-31)32(25-35-21-23-43-24-22-35)34-44(39,40)30-15-7-26(3)8-16-30/h7-18,33H,5-6,19-25H2,1-4H3. The Bertz CT molecular complexity index is 1680. The predicted molar refractivity (Wildman–Crippen MR) is 178 cm³/mol. The van der Waals surface area contributed by atoms with Crippen LogP contribution in [0.2, 0.25) is 0 Å². The van der Waals surface area contributed by atoms with Crippen molar-refractivity contribution in [2.75, 3.05) is 63.9 Å². The monoisotopic (exact) mass is 653 g/mol. The fraction of sp³-hybridized carbons (Fsp3) is 0.424. The molecule has 0 amide bonds. The summed E-state index contributed by atoms with van der Waals surface area (Å²) in [6.45, 7) is 12.7. The van der Waals surface area contributed by atoms with Gasteiger partial charge in [-0.2, -0.15) is 12.7 Å². The number of amidine groups is 1. The maximum atomic E-state index is 14.2. The first kappa shape index (κ1) is 33.1. The van der Waals surface area contributed by atoms with E-state index in [0.717, 1.165) is 35.5 Å². The van der Waals surface area contributed by atoms with Crippen molar-refractivity contribution in [1.82, 2.24) is 14.1 Å². The van der Waals surface area contributed by atoms with Crippen LogP contribution in [0.15, 0.2) is 87.0 Å². The van der Waals surface area contributed by atoms with Gasteiger partial charge in [0.05, 0.1) is 29.5 Å². The van der Waals surface area contributed by atoms with E-state index in [4.69, 9.17) is 4.74 Å². The number of hydrogen-bond donors (Lipinski definition) is 0. The Hall–Kier alpha value is -3.29. The number of nitrogens with zero attached hydrogens (tertiary/aromatic N) is 5. The molecule has 10 nitrogen and oxygen atoms in total. The lowest BCUT2D eigenvalue weighted by molar-refractivity contribution is 0.0438. The second-order valence-corrected chi connectivity index (χ2v) is 14.9. The zero-order valence-corrected chi connectivity index (χ0v) is 28.1. The van der Waals surface area contributed by atoms with Crippen LogP contribution in [0, 0.1) is 13.8 Å². The molecule has 0 aromatic heterocycles. The maximum absolute atomic E-state index is 14.2. The van der Waals surface area contributed by atoms with Gasteiger partial charge in [0.1, 0.15) is 12.0 Å². The molecule has 0 N–H and O–H groups in total. The summed E-state index contributed by atoms with van der Waals surface area (Å²) >= 11 is 0. The summed E-state index contributed by atoms with van der Waals surface area (Å²) in [4.78, 5) is 6.45. The van der Waals surface area contributed by atoms with Gasteiger partial charge in [0, 0.05) is 45.0 Å². The lowest BCUT2D eigenvalue weighted by atomic mass is 10.1. The maximum Gasteiger partial charge on any atom is 0.283 e. The summed E-state index contributed by atoms with van der Waals surface area (Å²) in [5.74, 6) is 0.303. The molecule has 2 aliphatic rings. The molecular formula is C33H43N5O5S2. The largest absolute Gasteiger partial charge is 0.379 e. The molecule has 3 aromatic rings. The molecule has 242 valence electrons. The number of anilines is 1. The van der Waals surface area contributed by atoms with Gasteiger partial charge in [0.2, 0.25) is 10.0 Å². The fourth-order valence-electron chi connectivity index (χ4n) is 5.80. The fourth-order valence-corrected chi connectivity index (χ4v) is 8.40. The summed E-state index contributed by atoms with van der Waals surface area (Å²) in [7, 11) is -8.04. The van der Waals surface area contributed by atoms with E-state index in [1.807, 2.05) is 43.0 Å². The van der Waals surface area contributed by atoms with Gasteiger partial charge in [-0.1, -0.05) is 47.5 Å². The minimum Gasteiger partial charge on any atom is -0.379 e. The number of rotatable bonds is 10. The lowest BCUT2D eigenvalue weighted by Gasteiger charge is -2.35. The molecular weight excluding hydrogens is 611 g/mol. The van der Waals surface area contributed by atoms with Crippen LogP contribution in [-0.4, -0.2) is 95.8 Å².